The minimum atomic E-state index is 0.0931. The minimum Gasteiger partial charge on any atom is -0.497 e. The van der Waals surface area contributed by atoms with Crippen molar-refractivity contribution in [1.29, 1.82) is 0 Å². The third kappa shape index (κ3) is 3.24. The maximum absolute atomic E-state index is 12.5. The van der Waals surface area contributed by atoms with Crippen LogP contribution >= 0.6 is 11.3 Å². The summed E-state index contributed by atoms with van der Waals surface area (Å²) < 4.78 is 5.18. The lowest BCUT2D eigenvalue weighted by Gasteiger charge is -2.16. The monoisotopic (exact) mass is 302 g/mol. The lowest BCUT2D eigenvalue weighted by atomic mass is 10.1. The van der Waals surface area contributed by atoms with Gasteiger partial charge in [0.25, 0.3) is 5.91 Å². The molecule has 2 aromatic rings. The zero-order valence-electron chi connectivity index (χ0n) is 12.0. The first-order valence-corrected chi connectivity index (χ1v) is 7.96. The number of thiazole rings is 1. The molecule has 3 rings (SSSR count). The molecule has 0 radical (unpaired) electrons. The summed E-state index contributed by atoms with van der Waals surface area (Å²) in [6.45, 7) is 1.64. The Bertz CT molecular complexity index is 612. The standard InChI is InChI=1S/C16H18N2O2S/c1-20-14-4-2-3-13(10-14)16(19)18-7-5-12(11-18)9-15-17-6-8-21-15/h2-4,6,8,10,12H,5,7,9,11H2,1H3/t12-/m1/s1. The van der Waals surface area contributed by atoms with E-state index in [1.807, 2.05) is 34.7 Å². The molecule has 1 atom stereocenters. The number of aromatic nitrogens is 1. The molecule has 5 heteroatoms. The SMILES string of the molecule is COc1cccc(C(=O)N2CC[C@H](Cc3nccs3)C2)c1. The van der Waals surface area contributed by atoms with E-state index in [1.54, 1.807) is 24.5 Å². The highest BCUT2D eigenvalue weighted by Gasteiger charge is 2.27. The van der Waals surface area contributed by atoms with Crippen LogP contribution in [0, 0.1) is 5.92 Å². The molecule has 1 aliphatic heterocycles. The fourth-order valence-corrected chi connectivity index (χ4v) is 3.46. The Morgan fingerprint density at radius 1 is 1.52 bits per heavy atom. The van der Waals surface area contributed by atoms with E-state index < -0.39 is 0 Å². The normalized spacial score (nSPS) is 18.0. The first-order chi connectivity index (χ1) is 10.3. The van der Waals surface area contributed by atoms with Gasteiger partial charge in [0, 0.05) is 36.7 Å². The summed E-state index contributed by atoms with van der Waals surface area (Å²) in [4.78, 5) is 18.8. The molecule has 1 aliphatic rings. The smallest absolute Gasteiger partial charge is 0.253 e. The molecule has 1 fully saturated rings. The Hall–Kier alpha value is -1.88. The molecule has 4 nitrogen and oxygen atoms in total. The molecule has 1 aromatic carbocycles. The summed E-state index contributed by atoms with van der Waals surface area (Å²) in [6.07, 6.45) is 3.86. The number of carbonyl (C=O) groups excluding carboxylic acids is 1. The largest absolute Gasteiger partial charge is 0.497 e. The van der Waals surface area contributed by atoms with E-state index in [0.29, 0.717) is 11.5 Å². The predicted molar refractivity (Wildman–Crippen MR) is 82.8 cm³/mol. The number of ether oxygens (including phenoxy) is 1. The second kappa shape index (κ2) is 6.26. The van der Waals surface area contributed by atoms with Gasteiger partial charge < -0.3 is 9.64 Å². The second-order valence-corrected chi connectivity index (χ2v) is 6.25. The van der Waals surface area contributed by atoms with Gasteiger partial charge in [-0.25, -0.2) is 4.98 Å². The quantitative estimate of drug-likeness (QED) is 0.872. The van der Waals surface area contributed by atoms with Crippen molar-refractivity contribution in [2.75, 3.05) is 20.2 Å². The van der Waals surface area contributed by atoms with E-state index in [2.05, 4.69) is 4.98 Å². The summed E-state index contributed by atoms with van der Waals surface area (Å²) >= 11 is 1.69. The number of hydrogen-bond donors (Lipinski definition) is 0. The average molecular weight is 302 g/mol. The van der Waals surface area contributed by atoms with Crippen molar-refractivity contribution < 1.29 is 9.53 Å². The van der Waals surface area contributed by atoms with Gasteiger partial charge in [-0.2, -0.15) is 0 Å². The number of rotatable bonds is 4. The van der Waals surface area contributed by atoms with Gasteiger partial charge in [0.1, 0.15) is 5.75 Å². The van der Waals surface area contributed by atoms with Gasteiger partial charge in [-0.05, 0) is 30.5 Å². The number of amides is 1. The van der Waals surface area contributed by atoms with Crippen LogP contribution in [0.3, 0.4) is 0 Å². The molecule has 0 aliphatic carbocycles. The minimum absolute atomic E-state index is 0.0931. The van der Waals surface area contributed by atoms with E-state index in [-0.39, 0.29) is 5.91 Å². The topological polar surface area (TPSA) is 42.4 Å². The van der Waals surface area contributed by atoms with E-state index in [9.17, 15) is 4.79 Å². The lowest BCUT2D eigenvalue weighted by Crippen LogP contribution is -2.28. The zero-order chi connectivity index (χ0) is 14.7. The van der Waals surface area contributed by atoms with E-state index in [1.165, 1.54) is 0 Å². The molecule has 0 saturated carbocycles. The Labute approximate surface area is 128 Å². The molecule has 110 valence electrons. The molecule has 1 amide bonds. The summed E-state index contributed by atoms with van der Waals surface area (Å²) in [6, 6.07) is 7.36. The van der Waals surface area contributed by atoms with Gasteiger partial charge in [-0.3, -0.25) is 4.79 Å². The number of nitrogens with zero attached hydrogens (tertiary/aromatic N) is 2. The van der Waals surface area contributed by atoms with Crippen molar-refractivity contribution >= 4 is 17.2 Å². The predicted octanol–water partition coefficient (Wildman–Crippen LogP) is 2.86. The number of methoxy groups -OCH3 is 1. The highest BCUT2D eigenvalue weighted by atomic mass is 32.1. The maximum Gasteiger partial charge on any atom is 0.253 e. The van der Waals surface area contributed by atoms with Crippen molar-refractivity contribution in [2.45, 2.75) is 12.8 Å². The molecule has 0 spiro atoms. The zero-order valence-corrected chi connectivity index (χ0v) is 12.8. The summed E-state index contributed by atoms with van der Waals surface area (Å²) in [5.41, 5.74) is 0.698. The van der Waals surface area contributed by atoms with Crippen LogP contribution < -0.4 is 4.74 Å². The summed E-state index contributed by atoms with van der Waals surface area (Å²) in [7, 11) is 1.61. The fraction of sp³-hybridized carbons (Fsp3) is 0.375. The van der Waals surface area contributed by atoms with Crippen LogP contribution in [0.25, 0.3) is 0 Å². The Kier molecular flexibility index (Phi) is 4.20. The van der Waals surface area contributed by atoms with Crippen LogP contribution in [-0.4, -0.2) is 36.0 Å². The van der Waals surface area contributed by atoms with Gasteiger partial charge in [0.2, 0.25) is 0 Å². The molecule has 1 saturated heterocycles. The molecule has 0 unspecified atom stereocenters. The van der Waals surface area contributed by atoms with Gasteiger partial charge in [-0.15, -0.1) is 11.3 Å². The molecular formula is C16H18N2O2S. The first kappa shape index (κ1) is 14.1. The van der Waals surface area contributed by atoms with Crippen molar-refractivity contribution in [1.82, 2.24) is 9.88 Å². The molecule has 1 aromatic heterocycles. The Morgan fingerprint density at radius 3 is 3.19 bits per heavy atom. The average Bonchev–Trinajstić information content (AvgIpc) is 3.19. The Morgan fingerprint density at radius 2 is 2.43 bits per heavy atom. The van der Waals surface area contributed by atoms with Gasteiger partial charge in [0.05, 0.1) is 12.1 Å². The fourth-order valence-electron chi connectivity index (χ4n) is 2.72. The van der Waals surface area contributed by atoms with Crippen LogP contribution in [-0.2, 0) is 6.42 Å². The highest BCUT2D eigenvalue weighted by molar-refractivity contribution is 7.09. The lowest BCUT2D eigenvalue weighted by molar-refractivity contribution is 0.0786. The van der Waals surface area contributed by atoms with Gasteiger partial charge in [0.15, 0.2) is 0 Å². The second-order valence-electron chi connectivity index (χ2n) is 5.27. The number of carbonyl (C=O) groups is 1. The number of benzene rings is 1. The van der Waals surface area contributed by atoms with Crippen LogP contribution in [0.1, 0.15) is 21.8 Å². The van der Waals surface area contributed by atoms with Gasteiger partial charge in [-0.1, -0.05) is 6.07 Å². The molecule has 0 N–H and O–H groups in total. The first-order valence-electron chi connectivity index (χ1n) is 7.08. The van der Waals surface area contributed by atoms with Gasteiger partial charge >= 0.3 is 0 Å². The number of likely N-dealkylation sites (tertiary alicyclic amines) is 1. The molecule has 2 heterocycles. The molecular weight excluding hydrogens is 284 g/mol. The molecule has 21 heavy (non-hydrogen) atoms. The number of hydrogen-bond acceptors (Lipinski definition) is 4. The third-order valence-corrected chi connectivity index (χ3v) is 4.64. The van der Waals surface area contributed by atoms with Crippen molar-refractivity contribution in [3.8, 4) is 5.75 Å². The molecule has 0 bridgehead atoms. The van der Waals surface area contributed by atoms with Crippen LogP contribution in [0.4, 0.5) is 0 Å². The van der Waals surface area contributed by atoms with E-state index in [0.717, 1.165) is 36.7 Å². The summed E-state index contributed by atoms with van der Waals surface area (Å²) in [5, 5.41) is 3.17. The highest BCUT2D eigenvalue weighted by Crippen LogP contribution is 2.24. The Balaban J connectivity index is 1.63. The van der Waals surface area contributed by atoms with Crippen LogP contribution in [0.15, 0.2) is 35.8 Å². The summed E-state index contributed by atoms with van der Waals surface area (Å²) in [5.74, 6) is 1.33. The van der Waals surface area contributed by atoms with Crippen molar-refractivity contribution in [2.24, 2.45) is 5.92 Å². The van der Waals surface area contributed by atoms with Crippen LogP contribution in [0.5, 0.6) is 5.75 Å². The van der Waals surface area contributed by atoms with Crippen molar-refractivity contribution in [3.63, 3.8) is 0 Å². The third-order valence-electron chi connectivity index (χ3n) is 3.84. The maximum atomic E-state index is 12.5. The van der Waals surface area contributed by atoms with E-state index in [4.69, 9.17) is 4.74 Å². The van der Waals surface area contributed by atoms with E-state index >= 15 is 0 Å². The van der Waals surface area contributed by atoms with Crippen LogP contribution in [0.2, 0.25) is 0 Å². The van der Waals surface area contributed by atoms with Crippen molar-refractivity contribution in [3.05, 3.63) is 46.4 Å².